The van der Waals surface area contributed by atoms with Gasteiger partial charge in [-0.25, -0.2) is 0 Å². The van der Waals surface area contributed by atoms with E-state index in [4.69, 9.17) is 23.2 Å². The molecule has 1 rings (SSSR count). The number of hydrogen-bond donors (Lipinski definition) is 0. The maximum atomic E-state index is 11.9. The number of Topliss-reactive ketones (excluding diaryl/α,β-unsaturated/α-hetero) is 1. The van der Waals surface area contributed by atoms with Gasteiger partial charge < -0.3 is 0 Å². The van der Waals surface area contributed by atoms with Crippen LogP contribution in [0.5, 0.6) is 0 Å². The number of carbonyl (C=O) groups is 2. The summed E-state index contributed by atoms with van der Waals surface area (Å²) < 4.78 is 0.900. The van der Waals surface area contributed by atoms with Crippen LogP contribution in [0.4, 0.5) is 0 Å². The molecule has 0 radical (unpaired) electrons. The highest BCUT2D eigenvalue weighted by Crippen LogP contribution is 2.37. The zero-order valence-corrected chi connectivity index (χ0v) is 13.7. The normalized spacial score (nSPS) is 10.8. The molecule has 17 heavy (non-hydrogen) atoms. The van der Waals surface area contributed by atoms with E-state index in [1.165, 1.54) is 6.07 Å². The smallest absolute Gasteiger partial charge is 0.253 e. The highest BCUT2D eigenvalue weighted by Gasteiger charge is 2.22. The van der Waals surface area contributed by atoms with Crippen LogP contribution in [-0.2, 0) is 0 Å². The van der Waals surface area contributed by atoms with Crippen molar-refractivity contribution in [3.8, 4) is 0 Å². The second kappa shape index (κ2) is 5.83. The van der Waals surface area contributed by atoms with Crippen LogP contribution in [0.15, 0.2) is 15.0 Å². The van der Waals surface area contributed by atoms with E-state index in [2.05, 4.69) is 31.9 Å². The highest BCUT2D eigenvalue weighted by molar-refractivity contribution is 9.13. The summed E-state index contributed by atoms with van der Waals surface area (Å²) in [6.45, 7) is 3.52. The minimum atomic E-state index is -0.646. The van der Waals surface area contributed by atoms with Gasteiger partial charge in [-0.15, -0.1) is 0 Å². The predicted octanol–water partition coefficient (Wildman–Crippen LogP) is 5.08. The number of hydrogen-bond acceptors (Lipinski definition) is 2. The van der Waals surface area contributed by atoms with Gasteiger partial charge in [0, 0.05) is 16.0 Å². The molecule has 0 saturated carbocycles. The SMILES string of the molecule is CC(C)C(=O)c1cc(C(=O)Cl)c(Br)c(Br)c1Cl. The lowest BCUT2D eigenvalue weighted by Crippen LogP contribution is -2.10. The molecule has 0 fully saturated rings. The van der Waals surface area contributed by atoms with Gasteiger partial charge >= 0.3 is 0 Å². The van der Waals surface area contributed by atoms with Crippen LogP contribution < -0.4 is 0 Å². The molecule has 0 N–H and O–H groups in total. The molecule has 0 atom stereocenters. The molecule has 1 aromatic carbocycles. The fourth-order valence-electron chi connectivity index (χ4n) is 1.24. The van der Waals surface area contributed by atoms with Gasteiger partial charge in [0.2, 0.25) is 0 Å². The van der Waals surface area contributed by atoms with Gasteiger partial charge in [0.05, 0.1) is 15.1 Å². The Morgan fingerprint density at radius 2 is 1.71 bits per heavy atom. The second-order valence-electron chi connectivity index (χ2n) is 3.71. The van der Waals surface area contributed by atoms with Crippen LogP contribution in [-0.4, -0.2) is 11.0 Å². The van der Waals surface area contributed by atoms with Crippen molar-refractivity contribution in [2.24, 2.45) is 5.92 Å². The van der Waals surface area contributed by atoms with Crippen molar-refractivity contribution in [1.82, 2.24) is 0 Å². The van der Waals surface area contributed by atoms with E-state index >= 15 is 0 Å². The molecule has 0 aliphatic rings. The average Bonchev–Trinajstić information content (AvgIpc) is 2.24. The van der Waals surface area contributed by atoms with E-state index in [1.54, 1.807) is 13.8 Å². The van der Waals surface area contributed by atoms with Crippen molar-refractivity contribution >= 4 is 66.1 Å². The molecule has 92 valence electrons. The van der Waals surface area contributed by atoms with Crippen molar-refractivity contribution in [3.63, 3.8) is 0 Å². The minimum absolute atomic E-state index is 0.137. The third-order valence-corrected chi connectivity index (χ3v) is 5.12. The number of benzene rings is 1. The van der Waals surface area contributed by atoms with Crippen molar-refractivity contribution in [3.05, 3.63) is 31.2 Å². The van der Waals surface area contributed by atoms with E-state index in [9.17, 15) is 9.59 Å². The summed E-state index contributed by atoms with van der Waals surface area (Å²) in [5.41, 5.74) is 0.507. The summed E-state index contributed by atoms with van der Waals surface area (Å²) >= 11 is 17.9. The Kier molecular flexibility index (Phi) is 5.20. The van der Waals surface area contributed by atoms with Crippen LogP contribution >= 0.6 is 55.1 Å². The molecule has 0 aromatic heterocycles. The largest absolute Gasteiger partial charge is 0.294 e. The zero-order chi connectivity index (χ0) is 13.3. The molecule has 0 unspecified atom stereocenters. The Bertz CT molecular complexity index is 499. The van der Waals surface area contributed by atoms with Gasteiger partial charge in [-0.1, -0.05) is 25.4 Å². The summed E-state index contributed by atoms with van der Waals surface area (Å²) in [6, 6.07) is 1.41. The van der Waals surface area contributed by atoms with E-state index in [-0.39, 0.29) is 22.3 Å². The van der Waals surface area contributed by atoms with Gasteiger partial charge in [-0.3, -0.25) is 9.59 Å². The summed E-state index contributed by atoms with van der Waals surface area (Å²) in [5, 5.41) is -0.371. The molecule has 0 heterocycles. The molecule has 0 aliphatic heterocycles. The first-order valence-corrected chi connectivity index (χ1v) is 7.03. The third kappa shape index (κ3) is 3.11. The van der Waals surface area contributed by atoms with Gasteiger partial charge in [-0.05, 0) is 49.5 Å². The van der Waals surface area contributed by atoms with Crippen LogP contribution in [0.2, 0.25) is 5.02 Å². The maximum Gasteiger partial charge on any atom is 0.253 e. The number of rotatable bonds is 3. The van der Waals surface area contributed by atoms with Crippen LogP contribution in [0, 0.1) is 5.92 Å². The average molecular weight is 403 g/mol. The summed E-state index contributed by atoms with van der Waals surface area (Å²) in [7, 11) is 0. The standard InChI is InChI=1S/C11H8Br2Cl2O2/c1-4(2)10(16)6-3-5(11(15)17)7(12)8(13)9(6)14/h3-4H,1-2H3. The second-order valence-corrected chi connectivity index (χ2v) is 6.01. The lowest BCUT2D eigenvalue weighted by molar-refractivity contribution is 0.0939. The monoisotopic (exact) mass is 400 g/mol. The Hall–Kier alpha value is 0.1000. The van der Waals surface area contributed by atoms with Crippen molar-refractivity contribution in [2.75, 3.05) is 0 Å². The van der Waals surface area contributed by atoms with Gasteiger partial charge in [-0.2, -0.15) is 0 Å². The molecule has 0 spiro atoms. The Balaban J connectivity index is 3.53. The fourth-order valence-corrected chi connectivity index (χ4v) is 2.78. The van der Waals surface area contributed by atoms with Crippen LogP contribution in [0.25, 0.3) is 0 Å². The summed E-state index contributed by atoms with van der Waals surface area (Å²) in [5.74, 6) is -0.346. The molecule has 6 heteroatoms. The Morgan fingerprint density at radius 1 is 1.18 bits per heavy atom. The van der Waals surface area contributed by atoms with E-state index < -0.39 is 5.24 Å². The van der Waals surface area contributed by atoms with Gasteiger partial charge in [0.15, 0.2) is 5.78 Å². The van der Waals surface area contributed by atoms with Gasteiger partial charge in [0.1, 0.15) is 0 Å². The maximum absolute atomic E-state index is 11.9. The van der Waals surface area contributed by atoms with Crippen molar-refractivity contribution < 1.29 is 9.59 Å². The van der Waals surface area contributed by atoms with Crippen LogP contribution in [0.3, 0.4) is 0 Å². The summed E-state index contributed by atoms with van der Waals surface area (Å²) in [6.07, 6.45) is 0. The minimum Gasteiger partial charge on any atom is -0.294 e. The molecule has 2 nitrogen and oxygen atoms in total. The molecule has 0 aliphatic carbocycles. The lowest BCUT2D eigenvalue weighted by atomic mass is 9.99. The topological polar surface area (TPSA) is 34.1 Å². The fraction of sp³-hybridized carbons (Fsp3) is 0.273. The van der Waals surface area contributed by atoms with Crippen molar-refractivity contribution in [2.45, 2.75) is 13.8 Å². The molecule has 0 bridgehead atoms. The number of ketones is 1. The molecule has 0 saturated heterocycles. The summed E-state index contributed by atoms with van der Waals surface area (Å²) in [4.78, 5) is 23.2. The molecular weight excluding hydrogens is 395 g/mol. The molecular formula is C11H8Br2Cl2O2. The molecule has 1 aromatic rings. The number of carbonyl (C=O) groups excluding carboxylic acids is 2. The van der Waals surface area contributed by atoms with E-state index in [0.29, 0.717) is 14.5 Å². The highest BCUT2D eigenvalue weighted by atomic mass is 79.9. The quantitative estimate of drug-likeness (QED) is 0.401. The van der Waals surface area contributed by atoms with Gasteiger partial charge in [0.25, 0.3) is 5.24 Å². The van der Waals surface area contributed by atoms with E-state index in [1.807, 2.05) is 0 Å². The first-order chi connectivity index (χ1) is 7.77. The number of halogens is 4. The predicted molar refractivity (Wildman–Crippen MR) is 76.2 cm³/mol. The van der Waals surface area contributed by atoms with Crippen LogP contribution in [0.1, 0.15) is 34.6 Å². The Labute approximate surface area is 126 Å². The Morgan fingerprint density at radius 3 is 2.12 bits per heavy atom. The third-order valence-electron chi connectivity index (χ3n) is 2.15. The molecule has 0 amide bonds. The first kappa shape index (κ1) is 15.2. The van der Waals surface area contributed by atoms with E-state index in [0.717, 1.165) is 0 Å². The first-order valence-electron chi connectivity index (χ1n) is 4.68. The zero-order valence-electron chi connectivity index (χ0n) is 8.98. The van der Waals surface area contributed by atoms with Crippen molar-refractivity contribution in [1.29, 1.82) is 0 Å². The lowest BCUT2D eigenvalue weighted by Gasteiger charge is -2.11.